The number of rotatable bonds is 2. The van der Waals surface area contributed by atoms with Crippen LogP contribution in [0.5, 0.6) is 0 Å². The van der Waals surface area contributed by atoms with Gasteiger partial charge in [-0.1, -0.05) is 96.5 Å². The van der Waals surface area contributed by atoms with E-state index in [4.69, 9.17) is 11.6 Å². The number of benzene rings is 6. The fourth-order valence-electron chi connectivity index (χ4n) is 4.57. The number of hydrogen-bond donors (Lipinski definition) is 0. The monoisotopic (exact) mass is 414 g/mol. The predicted molar refractivity (Wildman–Crippen MR) is 135 cm³/mol. The minimum Gasteiger partial charge on any atom is -0.0843 e. The highest BCUT2D eigenvalue weighted by Gasteiger charge is 2.11. The Bertz CT molecular complexity index is 1590. The Morgan fingerprint density at radius 3 is 1.87 bits per heavy atom. The first kappa shape index (κ1) is 18.2. The molecular weight excluding hydrogens is 396 g/mol. The summed E-state index contributed by atoms with van der Waals surface area (Å²) in [5.41, 5.74) is 4.65. The van der Waals surface area contributed by atoms with Gasteiger partial charge in [-0.05, 0) is 84.9 Å². The first-order valence-electron chi connectivity index (χ1n) is 10.5. The van der Waals surface area contributed by atoms with E-state index >= 15 is 0 Å². The molecule has 0 fully saturated rings. The van der Waals surface area contributed by atoms with Gasteiger partial charge in [0.05, 0.1) is 0 Å². The van der Waals surface area contributed by atoms with Gasteiger partial charge in [0.15, 0.2) is 0 Å². The third-order valence-electron chi connectivity index (χ3n) is 6.06. The molecule has 0 unspecified atom stereocenters. The summed E-state index contributed by atoms with van der Waals surface area (Å²) in [6.07, 6.45) is 0. The molecule has 0 N–H and O–H groups in total. The molecule has 0 saturated heterocycles. The lowest BCUT2D eigenvalue weighted by molar-refractivity contribution is 1.62. The standard InChI is InChI=1S/C30H19Cl/c31-26-17-24(22-14-13-20-7-1-2-8-21(20)15-22)16-25(18-26)30-19-23-9-3-4-10-27(23)28-11-5-6-12-29(28)30/h1-19H. The Morgan fingerprint density at radius 2 is 1.03 bits per heavy atom. The van der Waals surface area contributed by atoms with Crippen molar-refractivity contribution in [3.63, 3.8) is 0 Å². The van der Waals surface area contributed by atoms with E-state index < -0.39 is 0 Å². The normalized spacial score (nSPS) is 11.4. The molecular formula is C30H19Cl. The van der Waals surface area contributed by atoms with Crippen LogP contribution in [0.1, 0.15) is 0 Å². The van der Waals surface area contributed by atoms with Crippen molar-refractivity contribution in [3.8, 4) is 22.3 Å². The van der Waals surface area contributed by atoms with E-state index in [1.807, 2.05) is 0 Å². The molecule has 0 spiro atoms. The first-order chi connectivity index (χ1) is 15.3. The fourth-order valence-corrected chi connectivity index (χ4v) is 4.81. The van der Waals surface area contributed by atoms with Gasteiger partial charge in [0.2, 0.25) is 0 Å². The van der Waals surface area contributed by atoms with Crippen molar-refractivity contribution in [2.75, 3.05) is 0 Å². The van der Waals surface area contributed by atoms with Crippen LogP contribution in [0.2, 0.25) is 5.02 Å². The van der Waals surface area contributed by atoms with Crippen LogP contribution in [0.25, 0.3) is 54.6 Å². The molecule has 0 atom stereocenters. The molecule has 6 rings (SSSR count). The Balaban J connectivity index is 1.60. The van der Waals surface area contributed by atoms with E-state index in [0.717, 1.165) is 16.1 Å². The topological polar surface area (TPSA) is 0 Å². The van der Waals surface area contributed by atoms with Crippen molar-refractivity contribution in [3.05, 3.63) is 120 Å². The summed E-state index contributed by atoms with van der Waals surface area (Å²) in [5.74, 6) is 0. The summed E-state index contributed by atoms with van der Waals surface area (Å²) < 4.78 is 0. The molecule has 0 aromatic heterocycles. The maximum Gasteiger partial charge on any atom is 0.0418 e. The number of fused-ring (bicyclic) bond motifs is 4. The lowest BCUT2D eigenvalue weighted by Crippen LogP contribution is -1.87. The van der Waals surface area contributed by atoms with Crippen LogP contribution in [-0.4, -0.2) is 0 Å². The predicted octanol–water partition coefficient (Wildman–Crippen LogP) is 9.13. The van der Waals surface area contributed by atoms with Gasteiger partial charge in [-0.3, -0.25) is 0 Å². The summed E-state index contributed by atoms with van der Waals surface area (Å²) in [5, 5.41) is 8.25. The third-order valence-corrected chi connectivity index (χ3v) is 6.28. The van der Waals surface area contributed by atoms with Crippen molar-refractivity contribution >= 4 is 43.9 Å². The second kappa shape index (κ2) is 7.27. The molecule has 31 heavy (non-hydrogen) atoms. The van der Waals surface area contributed by atoms with Gasteiger partial charge in [0.25, 0.3) is 0 Å². The Hall–Kier alpha value is -3.61. The quantitative estimate of drug-likeness (QED) is 0.248. The van der Waals surface area contributed by atoms with E-state index in [9.17, 15) is 0 Å². The lowest BCUT2D eigenvalue weighted by atomic mass is 9.91. The maximum atomic E-state index is 6.64. The van der Waals surface area contributed by atoms with Crippen LogP contribution in [-0.2, 0) is 0 Å². The molecule has 1 heteroatoms. The van der Waals surface area contributed by atoms with Crippen LogP contribution >= 0.6 is 11.6 Å². The second-order valence-corrected chi connectivity index (χ2v) is 8.42. The first-order valence-corrected chi connectivity index (χ1v) is 10.8. The van der Waals surface area contributed by atoms with E-state index in [1.165, 1.54) is 43.4 Å². The molecule has 0 nitrogen and oxygen atoms in total. The minimum atomic E-state index is 0.748. The highest BCUT2D eigenvalue weighted by Crippen LogP contribution is 2.38. The molecule has 0 aliphatic heterocycles. The fraction of sp³-hybridized carbons (Fsp3) is 0. The molecule has 6 aromatic rings. The molecule has 0 amide bonds. The molecule has 0 aliphatic rings. The zero-order valence-electron chi connectivity index (χ0n) is 16.8. The van der Waals surface area contributed by atoms with Gasteiger partial charge in [-0.25, -0.2) is 0 Å². The van der Waals surface area contributed by atoms with Crippen molar-refractivity contribution in [2.24, 2.45) is 0 Å². The molecule has 0 aliphatic carbocycles. The molecule has 146 valence electrons. The number of halogens is 1. The summed E-state index contributed by atoms with van der Waals surface area (Å²) in [7, 11) is 0. The second-order valence-electron chi connectivity index (χ2n) is 7.98. The van der Waals surface area contributed by atoms with E-state index in [0.29, 0.717) is 0 Å². The Kier molecular flexibility index (Phi) is 4.26. The van der Waals surface area contributed by atoms with E-state index in [2.05, 4.69) is 115 Å². The van der Waals surface area contributed by atoms with Gasteiger partial charge in [0.1, 0.15) is 0 Å². The van der Waals surface area contributed by atoms with Gasteiger partial charge in [-0.2, -0.15) is 0 Å². The van der Waals surface area contributed by atoms with Gasteiger partial charge >= 0.3 is 0 Å². The smallest absolute Gasteiger partial charge is 0.0418 e. The van der Waals surface area contributed by atoms with Crippen molar-refractivity contribution in [1.82, 2.24) is 0 Å². The van der Waals surface area contributed by atoms with Crippen LogP contribution in [0.3, 0.4) is 0 Å². The Morgan fingerprint density at radius 1 is 0.387 bits per heavy atom. The molecule has 6 aromatic carbocycles. The van der Waals surface area contributed by atoms with Gasteiger partial charge in [0, 0.05) is 5.02 Å². The lowest BCUT2D eigenvalue weighted by Gasteiger charge is -2.13. The van der Waals surface area contributed by atoms with Crippen molar-refractivity contribution < 1.29 is 0 Å². The zero-order valence-corrected chi connectivity index (χ0v) is 17.6. The van der Waals surface area contributed by atoms with E-state index in [1.54, 1.807) is 0 Å². The summed E-state index contributed by atoms with van der Waals surface area (Å²) in [6, 6.07) is 40.9. The molecule has 0 saturated carbocycles. The highest BCUT2D eigenvalue weighted by atomic mass is 35.5. The van der Waals surface area contributed by atoms with Crippen molar-refractivity contribution in [1.29, 1.82) is 0 Å². The van der Waals surface area contributed by atoms with Crippen molar-refractivity contribution in [2.45, 2.75) is 0 Å². The van der Waals surface area contributed by atoms with E-state index in [-0.39, 0.29) is 0 Å². The molecule has 0 heterocycles. The SMILES string of the molecule is Clc1cc(-c2ccc3ccccc3c2)cc(-c2cc3ccccc3c3ccccc23)c1. The Labute approximate surface area is 186 Å². The van der Waals surface area contributed by atoms with Gasteiger partial charge < -0.3 is 0 Å². The summed E-state index contributed by atoms with van der Waals surface area (Å²) in [4.78, 5) is 0. The van der Waals surface area contributed by atoms with Crippen LogP contribution < -0.4 is 0 Å². The average Bonchev–Trinajstić information content (AvgIpc) is 2.83. The summed E-state index contributed by atoms with van der Waals surface area (Å²) >= 11 is 6.64. The minimum absolute atomic E-state index is 0.748. The number of hydrogen-bond acceptors (Lipinski definition) is 0. The zero-order chi connectivity index (χ0) is 20.8. The van der Waals surface area contributed by atoms with Crippen LogP contribution in [0.15, 0.2) is 115 Å². The summed E-state index contributed by atoms with van der Waals surface area (Å²) in [6.45, 7) is 0. The average molecular weight is 415 g/mol. The van der Waals surface area contributed by atoms with Gasteiger partial charge in [-0.15, -0.1) is 0 Å². The third kappa shape index (κ3) is 3.17. The molecule has 0 radical (unpaired) electrons. The largest absolute Gasteiger partial charge is 0.0843 e. The maximum absolute atomic E-state index is 6.64. The van der Waals surface area contributed by atoms with Crippen LogP contribution in [0.4, 0.5) is 0 Å². The molecule has 0 bridgehead atoms. The highest BCUT2D eigenvalue weighted by molar-refractivity contribution is 6.31. The van der Waals surface area contributed by atoms with Crippen LogP contribution in [0, 0.1) is 0 Å².